The molecule has 8 heteroatoms. The molecular formula is C10H20N2O6. The van der Waals surface area contributed by atoms with Crippen molar-refractivity contribution in [2.24, 2.45) is 11.5 Å². The number of ether oxygens (including phenoxy) is 2. The summed E-state index contributed by atoms with van der Waals surface area (Å²) in [5.41, 5.74) is 11.0. The van der Waals surface area contributed by atoms with Crippen LogP contribution in [0.25, 0.3) is 0 Å². The molecule has 0 amide bonds. The van der Waals surface area contributed by atoms with Gasteiger partial charge < -0.3 is 31.2 Å². The number of nitrogens with two attached hydrogens (primary N) is 2. The predicted octanol–water partition coefficient (Wildman–Crippen LogP) is -1.38. The number of carbonyl (C=O) groups is 2. The van der Waals surface area contributed by atoms with Crippen molar-refractivity contribution >= 4 is 11.9 Å². The van der Waals surface area contributed by atoms with Crippen molar-refractivity contribution in [2.75, 3.05) is 26.4 Å². The zero-order valence-corrected chi connectivity index (χ0v) is 10.5. The zero-order valence-electron chi connectivity index (χ0n) is 10.5. The number of hydrogen-bond acceptors (Lipinski definition) is 6. The Hall–Kier alpha value is -1.22. The average molecular weight is 264 g/mol. The summed E-state index contributed by atoms with van der Waals surface area (Å²) in [6, 6.07) is 0. The maximum Gasteiger partial charge on any atom is 0.414 e. The molecule has 0 aromatic heterocycles. The van der Waals surface area contributed by atoms with Crippen LogP contribution in [-0.2, 0) is 19.1 Å². The van der Waals surface area contributed by atoms with Crippen molar-refractivity contribution in [3.63, 3.8) is 0 Å². The minimum absolute atomic E-state index is 0. The van der Waals surface area contributed by atoms with Gasteiger partial charge in [-0.15, -0.1) is 0 Å². The largest absolute Gasteiger partial charge is 0.473 e. The summed E-state index contributed by atoms with van der Waals surface area (Å²) in [6.45, 7) is 6.88. The topological polar surface area (TPSA) is 145 Å². The van der Waals surface area contributed by atoms with Crippen LogP contribution in [0.15, 0.2) is 0 Å². The van der Waals surface area contributed by atoms with Crippen LogP contribution in [-0.4, -0.2) is 59.7 Å². The van der Waals surface area contributed by atoms with Crippen molar-refractivity contribution in [3.05, 3.63) is 0 Å². The van der Waals surface area contributed by atoms with Crippen LogP contribution in [0, 0.1) is 0 Å². The van der Waals surface area contributed by atoms with Crippen LogP contribution in [0.3, 0.4) is 0 Å². The summed E-state index contributed by atoms with van der Waals surface area (Å²) in [6.07, 6.45) is 0. The summed E-state index contributed by atoms with van der Waals surface area (Å²) in [4.78, 5) is 18.2. The summed E-state index contributed by atoms with van der Waals surface area (Å²) >= 11 is 0. The molecule has 6 N–H and O–H groups in total. The molecule has 2 rings (SSSR count). The molecule has 8 nitrogen and oxygen atoms in total. The van der Waals surface area contributed by atoms with E-state index in [2.05, 4.69) is 0 Å². The summed E-state index contributed by atoms with van der Waals surface area (Å²) in [5.74, 6) is -3.65. The zero-order chi connectivity index (χ0) is 14.4. The molecular weight excluding hydrogens is 244 g/mol. The molecule has 2 aliphatic rings. The number of carboxylic acid groups (broad SMARTS) is 2. The minimum Gasteiger partial charge on any atom is -0.473 e. The molecule has 2 fully saturated rings. The van der Waals surface area contributed by atoms with Gasteiger partial charge in [0.05, 0.1) is 37.5 Å². The predicted molar refractivity (Wildman–Crippen MR) is 62.1 cm³/mol. The van der Waals surface area contributed by atoms with E-state index in [4.69, 9.17) is 40.7 Å². The van der Waals surface area contributed by atoms with Gasteiger partial charge in [-0.05, 0) is 13.8 Å². The van der Waals surface area contributed by atoms with Gasteiger partial charge in [0.2, 0.25) is 0 Å². The Morgan fingerprint density at radius 3 is 1.06 bits per heavy atom. The third-order valence-electron chi connectivity index (χ3n) is 1.91. The van der Waals surface area contributed by atoms with E-state index >= 15 is 0 Å². The van der Waals surface area contributed by atoms with E-state index in [0.29, 0.717) is 0 Å². The first-order chi connectivity index (χ1) is 8.06. The van der Waals surface area contributed by atoms with Crippen molar-refractivity contribution in [1.82, 2.24) is 0 Å². The average Bonchev–Trinajstić information content (AvgIpc) is 2.15. The second kappa shape index (κ2) is 6.64. The number of carboxylic acids is 2. The van der Waals surface area contributed by atoms with E-state index in [1.54, 1.807) is 0 Å². The highest BCUT2D eigenvalue weighted by atomic mass is 16.5. The molecule has 0 aliphatic carbocycles. The van der Waals surface area contributed by atoms with Gasteiger partial charge in [-0.3, -0.25) is 0 Å². The number of rotatable bonds is 0. The monoisotopic (exact) mass is 264 g/mol. The fourth-order valence-corrected chi connectivity index (χ4v) is 0.848. The van der Waals surface area contributed by atoms with E-state index in [1.165, 1.54) is 0 Å². The molecule has 0 unspecified atom stereocenters. The van der Waals surface area contributed by atoms with Crippen LogP contribution in [0.4, 0.5) is 0 Å². The lowest BCUT2D eigenvalue weighted by molar-refractivity contribution is -0.159. The molecule has 0 atom stereocenters. The number of aliphatic carboxylic acids is 2. The van der Waals surface area contributed by atoms with E-state index in [-0.39, 0.29) is 11.1 Å². The quantitative estimate of drug-likeness (QED) is 0.392. The smallest absolute Gasteiger partial charge is 0.414 e. The minimum atomic E-state index is -1.82. The van der Waals surface area contributed by atoms with Gasteiger partial charge in [-0.25, -0.2) is 9.59 Å². The highest BCUT2D eigenvalue weighted by molar-refractivity contribution is 6.27. The van der Waals surface area contributed by atoms with Gasteiger partial charge in [0.1, 0.15) is 0 Å². The Kier molecular flexibility index (Phi) is 6.19. The lowest BCUT2D eigenvalue weighted by atomic mass is 10.0. The lowest BCUT2D eigenvalue weighted by Gasteiger charge is -2.33. The molecule has 2 saturated heterocycles. The molecule has 0 spiro atoms. The molecule has 0 aromatic carbocycles. The molecule has 0 radical (unpaired) electrons. The van der Waals surface area contributed by atoms with E-state index in [1.807, 2.05) is 13.8 Å². The molecule has 2 aliphatic heterocycles. The Bertz CT molecular complexity index is 261. The van der Waals surface area contributed by atoms with Gasteiger partial charge in [0, 0.05) is 0 Å². The first kappa shape index (κ1) is 16.8. The molecule has 0 bridgehead atoms. The SMILES string of the molecule is CC1(N)COC1.CC1(N)COC1.O=C(O)C(=O)O. The second-order valence-electron chi connectivity index (χ2n) is 4.90. The maximum absolute atomic E-state index is 9.10. The van der Waals surface area contributed by atoms with E-state index < -0.39 is 11.9 Å². The Morgan fingerprint density at radius 1 is 0.889 bits per heavy atom. The van der Waals surface area contributed by atoms with Gasteiger partial charge in [0.15, 0.2) is 0 Å². The van der Waals surface area contributed by atoms with Crippen molar-refractivity contribution in [3.8, 4) is 0 Å². The van der Waals surface area contributed by atoms with Crippen LogP contribution < -0.4 is 11.5 Å². The van der Waals surface area contributed by atoms with Crippen molar-refractivity contribution in [1.29, 1.82) is 0 Å². The summed E-state index contributed by atoms with van der Waals surface area (Å²) in [5, 5.41) is 14.8. The standard InChI is InChI=1S/2C4H9NO.C2H2O4/c2*1-4(5)2-6-3-4;3-1(4)2(5)6/h2*2-3,5H2,1H3;(H,3,4)(H,5,6). The van der Waals surface area contributed by atoms with Gasteiger partial charge in [0.25, 0.3) is 0 Å². The lowest BCUT2D eigenvalue weighted by Crippen LogP contribution is -2.54. The van der Waals surface area contributed by atoms with Crippen LogP contribution in [0.2, 0.25) is 0 Å². The van der Waals surface area contributed by atoms with Gasteiger partial charge in [-0.2, -0.15) is 0 Å². The molecule has 18 heavy (non-hydrogen) atoms. The Balaban J connectivity index is 0.000000241. The van der Waals surface area contributed by atoms with Gasteiger partial charge in [-0.1, -0.05) is 0 Å². The van der Waals surface area contributed by atoms with E-state index in [0.717, 1.165) is 26.4 Å². The van der Waals surface area contributed by atoms with Crippen LogP contribution >= 0.6 is 0 Å². The van der Waals surface area contributed by atoms with Crippen molar-refractivity contribution < 1.29 is 29.3 Å². The van der Waals surface area contributed by atoms with E-state index in [9.17, 15) is 0 Å². The molecule has 0 aromatic rings. The van der Waals surface area contributed by atoms with Crippen LogP contribution in [0.5, 0.6) is 0 Å². The highest BCUT2D eigenvalue weighted by Crippen LogP contribution is 2.10. The fourth-order valence-electron chi connectivity index (χ4n) is 0.848. The number of hydrogen-bond donors (Lipinski definition) is 4. The van der Waals surface area contributed by atoms with Crippen LogP contribution in [0.1, 0.15) is 13.8 Å². The molecule has 106 valence electrons. The normalized spacial score (nSPS) is 21.8. The Labute approximate surface area is 105 Å². The molecule has 2 heterocycles. The first-order valence-electron chi connectivity index (χ1n) is 5.25. The first-order valence-corrected chi connectivity index (χ1v) is 5.25. The molecule has 0 saturated carbocycles. The summed E-state index contributed by atoms with van der Waals surface area (Å²) in [7, 11) is 0. The second-order valence-corrected chi connectivity index (χ2v) is 4.90. The third kappa shape index (κ3) is 7.96. The van der Waals surface area contributed by atoms with Gasteiger partial charge >= 0.3 is 11.9 Å². The Morgan fingerprint density at radius 2 is 1.06 bits per heavy atom. The summed E-state index contributed by atoms with van der Waals surface area (Å²) < 4.78 is 9.62. The fraction of sp³-hybridized carbons (Fsp3) is 0.800. The highest BCUT2D eigenvalue weighted by Gasteiger charge is 2.27. The van der Waals surface area contributed by atoms with Crippen molar-refractivity contribution in [2.45, 2.75) is 24.9 Å². The maximum atomic E-state index is 9.10. The third-order valence-corrected chi connectivity index (χ3v) is 1.91.